The summed E-state index contributed by atoms with van der Waals surface area (Å²) >= 11 is 2.61. The number of carbonyl (C=O) groups is 4. The fourth-order valence-electron chi connectivity index (χ4n) is 6.52. The summed E-state index contributed by atoms with van der Waals surface area (Å²) in [6, 6.07) is 30.7. The van der Waals surface area contributed by atoms with Crippen molar-refractivity contribution in [3.8, 4) is 0 Å². The van der Waals surface area contributed by atoms with Gasteiger partial charge in [0.05, 0.1) is 6.54 Å². The van der Waals surface area contributed by atoms with E-state index in [4.69, 9.17) is 10.8 Å². The van der Waals surface area contributed by atoms with Gasteiger partial charge in [0.25, 0.3) is 11.8 Å². The van der Waals surface area contributed by atoms with Gasteiger partial charge in [-0.05, 0) is 90.9 Å². The monoisotopic (exact) mass is 801 g/mol. The second kappa shape index (κ2) is 20.0. The van der Waals surface area contributed by atoms with E-state index < -0.39 is 5.97 Å². The third-order valence-corrected chi connectivity index (χ3v) is 10.7. The van der Waals surface area contributed by atoms with Crippen LogP contribution in [0.2, 0.25) is 0 Å². The minimum atomic E-state index is -0.762. The summed E-state index contributed by atoms with van der Waals surface area (Å²) in [4.78, 5) is 58.9. The number of carbonyl (C=O) groups excluding carboxylic acids is 3. The van der Waals surface area contributed by atoms with Gasteiger partial charge in [0.15, 0.2) is 15.8 Å². The highest BCUT2D eigenvalue weighted by atomic mass is 32.1. The fourth-order valence-corrected chi connectivity index (χ4v) is 7.58. The molecule has 0 saturated heterocycles. The van der Waals surface area contributed by atoms with Gasteiger partial charge in [-0.2, -0.15) is 0 Å². The first-order valence-corrected chi connectivity index (χ1v) is 20.2. The average molecular weight is 802 g/mol. The van der Waals surface area contributed by atoms with E-state index >= 15 is 0 Å². The maximum atomic E-state index is 12.6. The first-order chi connectivity index (χ1) is 27.7. The number of carboxylic acids is 1. The molecule has 0 unspecified atom stereocenters. The number of anilines is 5. The van der Waals surface area contributed by atoms with Crippen molar-refractivity contribution in [1.29, 1.82) is 0 Å². The van der Waals surface area contributed by atoms with E-state index in [1.165, 1.54) is 39.5 Å². The molecular formula is C43H43N7O5S2. The number of thiazole rings is 2. The van der Waals surface area contributed by atoms with Crippen LogP contribution in [-0.4, -0.2) is 64.8 Å². The highest BCUT2D eigenvalue weighted by molar-refractivity contribution is 7.12. The van der Waals surface area contributed by atoms with Gasteiger partial charge in [-0.25, -0.2) is 9.97 Å². The molecule has 12 nitrogen and oxygen atoms in total. The number of Topliss-reactive ketones (excluding diaryl/α,β-unsaturated/α-hetero) is 1. The van der Waals surface area contributed by atoms with E-state index in [0.29, 0.717) is 40.0 Å². The number of hydrogen-bond acceptors (Lipinski definition) is 11. The van der Waals surface area contributed by atoms with Gasteiger partial charge in [-0.1, -0.05) is 48.5 Å². The molecule has 0 spiro atoms. The van der Waals surface area contributed by atoms with Crippen LogP contribution in [0.25, 0.3) is 0 Å². The second-order valence-corrected chi connectivity index (χ2v) is 15.1. The van der Waals surface area contributed by atoms with Crippen LogP contribution in [0.15, 0.2) is 120 Å². The van der Waals surface area contributed by atoms with Crippen molar-refractivity contribution in [2.24, 2.45) is 0 Å². The molecule has 4 heterocycles. The van der Waals surface area contributed by atoms with Crippen molar-refractivity contribution < 1.29 is 24.3 Å². The van der Waals surface area contributed by atoms with Gasteiger partial charge in [0, 0.05) is 71.1 Å². The Labute approximate surface area is 339 Å². The van der Waals surface area contributed by atoms with Crippen molar-refractivity contribution >= 4 is 74.7 Å². The first kappa shape index (κ1) is 40.3. The maximum absolute atomic E-state index is 12.6. The van der Waals surface area contributed by atoms with Crippen LogP contribution in [0, 0.1) is 0 Å². The second-order valence-electron chi connectivity index (χ2n) is 13.3. The zero-order chi connectivity index (χ0) is 40.0. The third-order valence-electron chi connectivity index (χ3n) is 9.14. The van der Waals surface area contributed by atoms with E-state index in [9.17, 15) is 19.2 Å². The Morgan fingerprint density at radius 2 is 1.12 bits per heavy atom. The fraction of sp³-hybridized carbons (Fsp3) is 0.209. The van der Waals surface area contributed by atoms with Gasteiger partial charge in [-0.15, -0.1) is 22.7 Å². The Kier molecular flexibility index (Phi) is 14.1. The Hall–Kier alpha value is -6.38. The molecule has 8 rings (SSSR count). The van der Waals surface area contributed by atoms with Crippen LogP contribution in [0.1, 0.15) is 49.1 Å². The summed E-state index contributed by atoms with van der Waals surface area (Å²) in [6.45, 7) is 2.31. The van der Waals surface area contributed by atoms with Gasteiger partial charge in [-0.3, -0.25) is 19.2 Å². The lowest BCUT2D eigenvalue weighted by atomic mass is 10.0. The zero-order valence-electron chi connectivity index (χ0n) is 31.2. The number of aryl methyl sites for hydroxylation is 2. The molecule has 57 heavy (non-hydrogen) atoms. The van der Waals surface area contributed by atoms with Crippen LogP contribution in [0.4, 0.5) is 28.4 Å². The quantitative estimate of drug-likeness (QED) is 0.102. The smallest absolute Gasteiger partial charge is 0.323 e. The number of aliphatic carboxylic acids is 1. The molecule has 0 bridgehead atoms. The van der Waals surface area contributed by atoms with E-state index in [-0.39, 0.29) is 24.1 Å². The lowest BCUT2D eigenvalue weighted by Crippen LogP contribution is -2.34. The molecule has 292 valence electrons. The topological polar surface area (TPSA) is 171 Å². The summed E-state index contributed by atoms with van der Waals surface area (Å²) in [5.41, 5.74) is 13.4. The van der Waals surface area contributed by atoms with E-state index in [1.54, 1.807) is 47.4 Å². The third kappa shape index (κ3) is 11.8. The van der Waals surface area contributed by atoms with E-state index in [0.717, 1.165) is 50.0 Å². The largest absolute Gasteiger partial charge is 0.480 e. The number of nitrogen functional groups attached to an aromatic ring is 1. The highest BCUT2D eigenvalue weighted by Gasteiger charge is 2.20. The number of nitrogens with two attached hydrogens (primary N) is 1. The number of nitrogens with zero attached hydrogens (tertiary/aromatic N) is 4. The van der Waals surface area contributed by atoms with Gasteiger partial charge >= 0.3 is 5.97 Å². The Morgan fingerprint density at radius 1 is 0.649 bits per heavy atom. The number of benzene rings is 4. The number of ketones is 1. The predicted octanol–water partition coefficient (Wildman–Crippen LogP) is 7.46. The van der Waals surface area contributed by atoms with Crippen molar-refractivity contribution in [3.05, 3.63) is 147 Å². The van der Waals surface area contributed by atoms with Gasteiger partial charge < -0.3 is 31.3 Å². The Balaban J connectivity index is 0.000000159. The number of amides is 2. The number of para-hydroxylation sites is 2. The number of hydrogen-bond donors (Lipinski definition) is 4. The highest BCUT2D eigenvalue weighted by Crippen LogP contribution is 2.27. The van der Waals surface area contributed by atoms with E-state index in [2.05, 4.69) is 49.8 Å². The van der Waals surface area contributed by atoms with E-state index in [1.807, 2.05) is 53.4 Å². The van der Waals surface area contributed by atoms with Crippen LogP contribution >= 0.6 is 22.7 Å². The lowest BCUT2D eigenvalue weighted by Gasteiger charge is -2.30. The normalized spacial score (nSPS) is 12.7. The summed E-state index contributed by atoms with van der Waals surface area (Å²) in [7, 11) is 0. The molecular weight excluding hydrogens is 759 g/mol. The Morgan fingerprint density at radius 3 is 1.60 bits per heavy atom. The molecule has 5 N–H and O–H groups in total. The number of fused-ring (bicyclic) bond motifs is 2. The van der Waals surface area contributed by atoms with Gasteiger partial charge in [0.1, 0.15) is 6.54 Å². The lowest BCUT2D eigenvalue weighted by molar-refractivity contribution is -0.135. The molecule has 14 heteroatoms. The van der Waals surface area contributed by atoms with Gasteiger partial charge in [0.2, 0.25) is 0 Å². The SMILES string of the molecule is Nc1ccc(NC(=O)c2nccs2)cc1.O=C(Cc1ccc(NC(=O)c2nccs2)cc1)CN1CCCc2ccccc21.O=C(O)CN1CCCc2ccccc21. The molecule has 0 radical (unpaired) electrons. The molecule has 0 aliphatic carbocycles. The van der Waals surface area contributed by atoms with Crippen molar-refractivity contribution in [2.45, 2.75) is 32.1 Å². The van der Waals surface area contributed by atoms with Crippen LogP contribution in [-0.2, 0) is 28.9 Å². The Bertz CT molecular complexity index is 2250. The minimum Gasteiger partial charge on any atom is -0.480 e. The molecule has 2 aliphatic rings. The number of nitrogens with one attached hydrogen (secondary N) is 2. The minimum absolute atomic E-state index is 0.108. The molecule has 2 amide bonds. The molecule has 6 aromatic rings. The maximum Gasteiger partial charge on any atom is 0.323 e. The summed E-state index contributed by atoms with van der Waals surface area (Å²) < 4.78 is 0. The molecule has 0 atom stereocenters. The number of rotatable bonds is 10. The average Bonchev–Trinajstić information content (AvgIpc) is 3.97. The predicted molar refractivity (Wildman–Crippen MR) is 228 cm³/mol. The van der Waals surface area contributed by atoms with Crippen molar-refractivity contribution in [1.82, 2.24) is 9.97 Å². The molecule has 2 aliphatic heterocycles. The van der Waals surface area contributed by atoms with Crippen molar-refractivity contribution in [2.75, 3.05) is 52.3 Å². The molecule has 0 fully saturated rings. The zero-order valence-corrected chi connectivity index (χ0v) is 32.8. The molecule has 2 aromatic heterocycles. The summed E-state index contributed by atoms with van der Waals surface area (Å²) in [5.74, 6) is -0.990. The number of aromatic nitrogens is 2. The van der Waals surface area contributed by atoms with Crippen LogP contribution < -0.4 is 26.2 Å². The van der Waals surface area contributed by atoms with Crippen LogP contribution in [0.5, 0.6) is 0 Å². The summed E-state index contributed by atoms with van der Waals surface area (Å²) in [5, 5.41) is 18.7. The standard InChI is InChI=1S/C22H21N3O2S.C11H13NO2.C10H9N3OS/c26-19(15-25-12-3-5-17-4-1-2-6-20(17)25)14-16-7-9-18(10-8-16)24-21(27)22-23-11-13-28-22;13-11(14)8-12-7-3-5-9-4-1-2-6-10(9)12;11-7-1-3-8(4-2-7)13-9(14)10-12-5-6-15-10/h1-2,4,6-11,13H,3,5,12,14-15H2,(H,24,27);1-2,4,6H,3,5,7-8H2,(H,13,14);1-6H,11H2,(H,13,14). The van der Waals surface area contributed by atoms with Crippen molar-refractivity contribution in [3.63, 3.8) is 0 Å². The number of carboxylic acid groups (broad SMARTS) is 1. The molecule has 0 saturated carbocycles. The first-order valence-electron chi connectivity index (χ1n) is 18.5. The van der Waals surface area contributed by atoms with Crippen LogP contribution in [0.3, 0.4) is 0 Å². The molecule has 4 aromatic carbocycles. The summed E-state index contributed by atoms with van der Waals surface area (Å²) in [6.07, 6.45) is 7.86.